The van der Waals surface area contributed by atoms with Gasteiger partial charge in [0.15, 0.2) is 0 Å². The second kappa shape index (κ2) is 45.6. The van der Waals surface area contributed by atoms with Crippen LogP contribution in [0.25, 0.3) is 20.4 Å². The summed E-state index contributed by atoms with van der Waals surface area (Å²) >= 11 is 2.92. The lowest BCUT2D eigenvalue weighted by molar-refractivity contribution is -0.138. The predicted octanol–water partition coefficient (Wildman–Crippen LogP) is 21.7. The van der Waals surface area contributed by atoms with Crippen molar-refractivity contribution in [3.8, 4) is 34.5 Å². The minimum absolute atomic E-state index is 0.0593. The molecule has 0 radical (unpaired) electrons. The van der Waals surface area contributed by atoms with Crippen molar-refractivity contribution < 1.29 is 75.0 Å². The van der Waals surface area contributed by atoms with Crippen molar-refractivity contribution >= 4 is 95.6 Å². The Balaban J connectivity index is 0.000000260. The van der Waals surface area contributed by atoms with Crippen LogP contribution in [-0.2, 0) is 19.1 Å². The maximum Gasteiger partial charge on any atom is 0.389 e. The van der Waals surface area contributed by atoms with E-state index in [2.05, 4.69) is 56.1 Å². The first-order valence-electron chi connectivity index (χ1n) is 38.6. The number of fused-ring (bicyclic) bond motifs is 2. The van der Waals surface area contributed by atoms with Crippen molar-refractivity contribution in [1.29, 1.82) is 0 Å². The Morgan fingerprint density at radius 1 is 0.473 bits per heavy atom. The highest BCUT2D eigenvalue weighted by molar-refractivity contribution is 7.22. The standard InChI is InChI=1S/C45H46F3N3O8S.C43H53N3O5S/c1-3-5-27-55-35-21-17-33(18-22-35)43(54)59-39-24-23-37(58-42(53)32-15-19-36(20-16-32)56-28-10-6-7-11-29-57-41(52)4-2)30-34(39)31-49-51(26-12-25-45(46,47)48)44-50-38-13-8-9-14-40(38)60-44;1-4-7-27-46(43-45-39-15-10-11-16-40(39)52-43)44-31-35-30-37(25-26-38(35)33-19-17-32(14-5-2)18-20-33)51-42(48)34-21-23-36(24-22-34)49-28-12-8-9-13-29-50-41(47)6-3/h4,8-9,13-24,30-31H,2-3,5-7,10-12,25-29H2,1H3;6,10-11,15-16,21-26,30-33H,3-5,7-9,12-14,17-20,27-29H2,1-2H3/b49-31+;44-31+. The number of nitrogens with zero attached hydrogens (tertiary/aromatic N) is 6. The monoisotopic (exact) mass is 1570 g/mol. The summed E-state index contributed by atoms with van der Waals surface area (Å²) in [6.07, 6.45) is 18.1. The Labute approximate surface area is 661 Å². The van der Waals surface area contributed by atoms with E-state index in [1.807, 2.05) is 59.8 Å². The van der Waals surface area contributed by atoms with Gasteiger partial charge in [-0.05, 0) is 241 Å². The van der Waals surface area contributed by atoms with E-state index in [1.54, 1.807) is 90.2 Å². The van der Waals surface area contributed by atoms with Crippen molar-refractivity contribution in [2.75, 3.05) is 56.1 Å². The molecule has 0 saturated heterocycles. The lowest BCUT2D eigenvalue weighted by Gasteiger charge is -2.29. The number of thiazole rings is 2. The smallest absolute Gasteiger partial charge is 0.389 e. The Morgan fingerprint density at radius 2 is 0.893 bits per heavy atom. The van der Waals surface area contributed by atoms with Gasteiger partial charge in [0.05, 0.1) is 82.6 Å². The zero-order valence-corrected chi connectivity index (χ0v) is 65.6. The van der Waals surface area contributed by atoms with E-state index >= 15 is 0 Å². The van der Waals surface area contributed by atoms with Crippen LogP contribution in [0.1, 0.15) is 203 Å². The van der Waals surface area contributed by atoms with E-state index in [9.17, 15) is 37.1 Å². The minimum atomic E-state index is -4.36. The van der Waals surface area contributed by atoms with Crippen LogP contribution in [-0.4, -0.2) is 105 Å². The molecule has 19 nitrogen and oxygen atoms in total. The molecular weight excluding hydrogens is 1470 g/mol. The summed E-state index contributed by atoms with van der Waals surface area (Å²) in [5.74, 6) is 1.19. The largest absolute Gasteiger partial charge is 0.494 e. The molecule has 7 aromatic carbocycles. The third kappa shape index (κ3) is 28.2. The first kappa shape index (κ1) is 85.3. The van der Waals surface area contributed by atoms with Gasteiger partial charge in [-0.25, -0.2) is 44.0 Å². The van der Waals surface area contributed by atoms with Crippen molar-refractivity contribution in [2.24, 2.45) is 16.1 Å². The van der Waals surface area contributed by atoms with Crippen molar-refractivity contribution in [3.05, 3.63) is 216 Å². The maximum absolute atomic E-state index is 13.3. The number of benzene rings is 7. The first-order chi connectivity index (χ1) is 54.5. The summed E-state index contributed by atoms with van der Waals surface area (Å²) in [5, 5.41) is 14.2. The number of aromatic nitrogens is 2. The van der Waals surface area contributed by atoms with Crippen LogP contribution >= 0.6 is 22.7 Å². The zero-order valence-electron chi connectivity index (χ0n) is 63.9. The van der Waals surface area contributed by atoms with E-state index in [1.165, 1.54) is 78.1 Å². The molecule has 2 aromatic heterocycles. The molecule has 112 heavy (non-hydrogen) atoms. The average molecular weight is 1570 g/mol. The molecule has 1 fully saturated rings. The highest BCUT2D eigenvalue weighted by atomic mass is 32.1. The van der Waals surface area contributed by atoms with Crippen molar-refractivity contribution in [1.82, 2.24) is 9.97 Å². The molecule has 9 aromatic rings. The number of carbonyl (C=O) groups excluding carboxylic acids is 5. The topological polar surface area (TPSA) is 216 Å². The quantitative estimate of drug-likeness (QED) is 0.00867. The van der Waals surface area contributed by atoms with E-state index in [0.29, 0.717) is 78.2 Å². The normalized spacial score (nSPS) is 13.4. The number of ether oxygens (including phenoxy) is 8. The molecule has 0 aliphatic heterocycles. The van der Waals surface area contributed by atoms with Gasteiger partial charge in [0, 0.05) is 42.8 Å². The Morgan fingerprint density at radius 3 is 1.35 bits per heavy atom. The van der Waals surface area contributed by atoms with E-state index < -0.39 is 36.5 Å². The predicted molar refractivity (Wildman–Crippen MR) is 437 cm³/mol. The van der Waals surface area contributed by atoms with E-state index in [4.69, 9.17) is 48.0 Å². The molecule has 0 amide bonds. The molecule has 0 unspecified atom stereocenters. The number of hydrogen-bond acceptors (Lipinski definition) is 21. The van der Waals surface area contributed by atoms with Gasteiger partial charge in [-0.2, -0.15) is 23.4 Å². The summed E-state index contributed by atoms with van der Waals surface area (Å²) in [6, 6.07) is 45.9. The first-order valence-corrected chi connectivity index (χ1v) is 40.2. The minimum Gasteiger partial charge on any atom is -0.494 e. The number of esters is 5. The van der Waals surface area contributed by atoms with E-state index in [0.717, 1.165) is 134 Å². The van der Waals surface area contributed by atoms with Crippen LogP contribution in [0.4, 0.5) is 23.4 Å². The number of para-hydroxylation sites is 2. The third-order valence-corrected chi connectivity index (χ3v) is 20.5. The maximum atomic E-state index is 13.3. The molecule has 2 heterocycles. The number of hydrazone groups is 2. The van der Waals surface area contributed by atoms with Gasteiger partial charge < -0.3 is 37.9 Å². The number of anilines is 2. The highest BCUT2D eigenvalue weighted by Gasteiger charge is 2.28. The van der Waals surface area contributed by atoms with Crippen molar-refractivity contribution in [2.45, 2.75) is 161 Å². The summed E-state index contributed by atoms with van der Waals surface area (Å²) in [4.78, 5) is 71.5. The fraction of sp³-hybridized carbons (Fsp3) is 0.375. The summed E-state index contributed by atoms with van der Waals surface area (Å²) in [7, 11) is 0. The number of halogens is 3. The Kier molecular flexibility index (Phi) is 34.7. The molecule has 0 atom stereocenters. The summed E-state index contributed by atoms with van der Waals surface area (Å²) < 4.78 is 86.2. The molecule has 24 heteroatoms. The fourth-order valence-electron chi connectivity index (χ4n) is 12.2. The van der Waals surface area contributed by atoms with Gasteiger partial charge in [0.2, 0.25) is 10.3 Å². The number of alkyl halides is 3. The molecule has 0 N–H and O–H groups in total. The van der Waals surface area contributed by atoms with Gasteiger partial charge in [-0.15, -0.1) is 0 Å². The van der Waals surface area contributed by atoms with Gasteiger partial charge in [-0.1, -0.05) is 113 Å². The SMILES string of the molecule is C=CC(=O)OCCCCCCOc1ccc(C(=O)Oc2ccc(C3CCC(CCC)CC3)c(/C=N/N(CCCC)c3nc4ccccc4s3)c2)cc1.C=CC(=O)OCCCCCCOc1ccc(C(=O)Oc2ccc(OC(=O)c3ccc(OCCCC)cc3)c(/C=N/N(CCCC(F)(F)F)c3nc4ccccc4s3)c2)cc1. The van der Waals surface area contributed by atoms with Crippen LogP contribution in [0.15, 0.2) is 193 Å². The van der Waals surface area contributed by atoms with Gasteiger partial charge in [0.1, 0.15) is 34.5 Å². The molecule has 1 aliphatic carbocycles. The number of rotatable bonds is 43. The molecular formula is C88H99F3N6O13S2. The number of unbranched alkanes of at least 4 members (excludes halogenated alkanes) is 8. The summed E-state index contributed by atoms with van der Waals surface area (Å²) in [6.45, 7) is 16.3. The van der Waals surface area contributed by atoms with Gasteiger partial charge in [0.25, 0.3) is 0 Å². The average Bonchev–Trinajstić information content (AvgIpc) is 1.52. The molecule has 1 aliphatic rings. The highest BCUT2D eigenvalue weighted by Crippen LogP contribution is 2.40. The van der Waals surface area contributed by atoms with Crippen LogP contribution in [0, 0.1) is 5.92 Å². The van der Waals surface area contributed by atoms with Gasteiger partial charge in [-0.3, -0.25) is 0 Å². The molecule has 592 valence electrons. The molecule has 1 saturated carbocycles. The van der Waals surface area contributed by atoms with Crippen molar-refractivity contribution in [3.63, 3.8) is 0 Å². The van der Waals surface area contributed by atoms with Crippen LogP contribution < -0.4 is 38.4 Å². The number of carbonyl (C=O) groups is 5. The van der Waals surface area contributed by atoms with E-state index in [-0.39, 0.29) is 47.1 Å². The third-order valence-electron chi connectivity index (χ3n) is 18.4. The van der Waals surface area contributed by atoms with Crippen LogP contribution in [0.5, 0.6) is 34.5 Å². The number of hydrogen-bond donors (Lipinski definition) is 0. The molecule has 0 spiro atoms. The summed E-state index contributed by atoms with van der Waals surface area (Å²) in [5.41, 5.74) is 5.04. The Bertz CT molecular complexity index is 4470. The lowest BCUT2D eigenvalue weighted by atomic mass is 9.76. The second-order valence-electron chi connectivity index (χ2n) is 26.9. The van der Waals surface area contributed by atoms with Gasteiger partial charge >= 0.3 is 36.0 Å². The lowest BCUT2D eigenvalue weighted by Crippen LogP contribution is -2.20. The van der Waals surface area contributed by atoms with Crippen LogP contribution in [0.2, 0.25) is 0 Å². The zero-order chi connectivity index (χ0) is 79.3. The fourth-order valence-corrected chi connectivity index (χ4v) is 14.1. The second-order valence-corrected chi connectivity index (χ2v) is 29.0. The molecule has 0 bridgehead atoms. The molecule has 10 rings (SSSR count). The van der Waals surface area contributed by atoms with Crippen LogP contribution in [0.3, 0.4) is 0 Å². The Hall–Kier alpha value is -10.7.